The van der Waals surface area contributed by atoms with E-state index in [-0.39, 0.29) is 0 Å². The van der Waals surface area contributed by atoms with E-state index in [4.69, 9.17) is 0 Å². The number of hydrogen-bond acceptors (Lipinski definition) is 2. The fraction of sp³-hybridized carbons (Fsp3) is 0.818. The highest BCUT2D eigenvalue weighted by molar-refractivity contribution is 5.89. The number of halogens is 3. The van der Waals surface area contributed by atoms with Gasteiger partial charge in [0.2, 0.25) is 5.91 Å². The molecule has 7 heteroatoms. The number of nitrogens with one attached hydrogen (secondary N) is 2. The molecule has 0 bridgehead atoms. The van der Waals surface area contributed by atoms with E-state index in [2.05, 4.69) is 5.32 Å². The van der Waals surface area contributed by atoms with Gasteiger partial charge >= 0.3 is 12.1 Å². The average Bonchev–Trinajstić information content (AvgIpc) is 2.23. The van der Waals surface area contributed by atoms with E-state index in [9.17, 15) is 22.8 Å². The Kier molecular flexibility index (Phi) is 6.72. The van der Waals surface area contributed by atoms with Crippen molar-refractivity contribution in [2.75, 3.05) is 6.54 Å². The Labute approximate surface area is 104 Å². The topological polar surface area (TPSA) is 58.2 Å². The summed E-state index contributed by atoms with van der Waals surface area (Å²) < 4.78 is 36.3. The van der Waals surface area contributed by atoms with Crippen LogP contribution >= 0.6 is 0 Å². The lowest BCUT2D eigenvalue weighted by atomic mass is 10.0. The molecule has 2 N–H and O–H groups in total. The van der Waals surface area contributed by atoms with E-state index in [1.54, 1.807) is 19.2 Å². The zero-order valence-corrected chi connectivity index (χ0v) is 10.7. The number of alkyl halides is 3. The van der Waals surface area contributed by atoms with Crippen molar-refractivity contribution in [3.63, 3.8) is 0 Å². The molecule has 1 atom stereocenters. The van der Waals surface area contributed by atoms with Crippen molar-refractivity contribution in [1.82, 2.24) is 10.6 Å². The number of unbranched alkanes of at least 4 members (excludes halogenated alkanes) is 1. The predicted molar refractivity (Wildman–Crippen MR) is 60.7 cm³/mol. The third kappa shape index (κ3) is 5.88. The van der Waals surface area contributed by atoms with Gasteiger partial charge < -0.3 is 10.6 Å². The van der Waals surface area contributed by atoms with Gasteiger partial charge in [-0.2, -0.15) is 13.2 Å². The van der Waals surface area contributed by atoms with Gasteiger partial charge in [0.15, 0.2) is 0 Å². The highest BCUT2D eigenvalue weighted by Gasteiger charge is 2.41. The molecule has 18 heavy (non-hydrogen) atoms. The molecule has 0 aromatic heterocycles. The van der Waals surface area contributed by atoms with Gasteiger partial charge in [-0.25, -0.2) is 0 Å². The number of hydrogen-bond donors (Lipinski definition) is 2. The standard InChI is InChI=1S/C11H19F3N2O2/c1-4-5-6-15-9(17)8(7(2)3)16-10(18)11(12,13)14/h7-8H,4-6H2,1-3H3,(H,15,17)(H,16,18)/t8-/m0/s1. The summed E-state index contributed by atoms with van der Waals surface area (Å²) in [6.07, 6.45) is -3.37. The van der Waals surface area contributed by atoms with Crippen LogP contribution in [0.1, 0.15) is 33.6 Å². The van der Waals surface area contributed by atoms with E-state index >= 15 is 0 Å². The highest BCUT2D eigenvalue weighted by Crippen LogP contribution is 2.15. The van der Waals surface area contributed by atoms with Gasteiger partial charge in [-0.3, -0.25) is 9.59 Å². The van der Waals surface area contributed by atoms with Crippen LogP contribution in [0.25, 0.3) is 0 Å². The average molecular weight is 268 g/mol. The van der Waals surface area contributed by atoms with Gasteiger partial charge in [0.25, 0.3) is 0 Å². The van der Waals surface area contributed by atoms with Crippen LogP contribution in [0.2, 0.25) is 0 Å². The second-order valence-corrected chi connectivity index (χ2v) is 4.34. The van der Waals surface area contributed by atoms with Gasteiger partial charge in [-0.15, -0.1) is 0 Å². The lowest BCUT2D eigenvalue weighted by molar-refractivity contribution is -0.175. The molecule has 2 amide bonds. The number of carbonyl (C=O) groups is 2. The normalized spacial score (nSPS) is 13.3. The van der Waals surface area contributed by atoms with Crippen LogP contribution in [0.15, 0.2) is 0 Å². The summed E-state index contributed by atoms with van der Waals surface area (Å²) in [6.45, 7) is 5.46. The van der Waals surface area contributed by atoms with Crippen molar-refractivity contribution < 1.29 is 22.8 Å². The second kappa shape index (κ2) is 7.23. The van der Waals surface area contributed by atoms with E-state index in [0.717, 1.165) is 12.8 Å². The molecule has 4 nitrogen and oxygen atoms in total. The lowest BCUT2D eigenvalue weighted by Gasteiger charge is -2.22. The Bertz CT molecular complexity index is 291. The third-order valence-corrected chi connectivity index (χ3v) is 2.32. The Hall–Kier alpha value is -1.27. The summed E-state index contributed by atoms with van der Waals surface area (Å²) in [5, 5.41) is 4.21. The number of carbonyl (C=O) groups excluding carboxylic acids is 2. The maximum atomic E-state index is 12.1. The summed E-state index contributed by atoms with van der Waals surface area (Å²) in [7, 11) is 0. The van der Waals surface area contributed by atoms with Crippen molar-refractivity contribution in [3.8, 4) is 0 Å². The van der Waals surface area contributed by atoms with Crippen molar-refractivity contribution in [1.29, 1.82) is 0 Å². The molecule has 0 unspecified atom stereocenters. The summed E-state index contributed by atoms with van der Waals surface area (Å²) in [4.78, 5) is 22.4. The molecular formula is C11H19F3N2O2. The lowest BCUT2D eigenvalue weighted by Crippen LogP contribution is -2.53. The fourth-order valence-electron chi connectivity index (χ4n) is 1.26. The summed E-state index contributed by atoms with van der Waals surface area (Å²) in [5.41, 5.74) is 0. The first-order chi connectivity index (χ1) is 8.20. The van der Waals surface area contributed by atoms with Gasteiger partial charge in [0.1, 0.15) is 6.04 Å². The molecule has 0 rings (SSSR count). The Morgan fingerprint density at radius 1 is 1.22 bits per heavy atom. The van der Waals surface area contributed by atoms with Crippen LogP contribution in [0.3, 0.4) is 0 Å². The predicted octanol–water partition coefficient (Wildman–Crippen LogP) is 1.61. The molecule has 0 radical (unpaired) electrons. The van der Waals surface area contributed by atoms with Gasteiger partial charge in [-0.05, 0) is 12.3 Å². The maximum absolute atomic E-state index is 12.1. The van der Waals surface area contributed by atoms with Gasteiger partial charge in [-0.1, -0.05) is 27.2 Å². The smallest absolute Gasteiger partial charge is 0.354 e. The molecule has 0 heterocycles. The first kappa shape index (κ1) is 16.7. The SMILES string of the molecule is CCCCNC(=O)[C@@H](NC(=O)C(F)(F)F)C(C)C. The summed E-state index contributed by atoms with van der Waals surface area (Å²) in [5.74, 6) is -3.10. The maximum Gasteiger partial charge on any atom is 0.471 e. The zero-order chi connectivity index (χ0) is 14.3. The van der Waals surface area contributed by atoms with Crippen molar-refractivity contribution in [3.05, 3.63) is 0 Å². The van der Waals surface area contributed by atoms with E-state index < -0.39 is 30.0 Å². The zero-order valence-electron chi connectivity index (χ0n) is 10.7. The molecular weight excluding hydrogens is 249 g/mol. The summed E-state index contributed by atoms with van der Waals surface area (Å²) >= 11 is 0. The summed E-state index contributed by atoms with van der Waals surface area (Å²) in [6, 6.07) is -1.17. The first-order valence-electron chi connectivity index (χ1n) is 5.85. The minimum atomic E-state index is -4.98. The largest absolute Gasteiger partial charge is 0.471 e. The van der Waals surface area contributed by atoms with Crippen LogP contribution < -0.4 is 10.6 Å². The molecule has 0 fully saturated rings. The molecule has 0 aliphatic heterocycles. The highest BCUT2D eigenvalue weighted by atomic mass is 19.4. The van der Waals surface area contributed by atoms with E-state index in [1.807, 2.05) is 6.92 Å². The van der Waals surface area contributed by atoms with Crippen LogP contribution in [0.4, 0.5) is 13.2 Å². The minimum absolute atomic E-state index is 0.389. The molecule has 0 saturated heterocycles. The second-order valence-electron chi connectivity index (χ2n) is 4.34. The van der Waals surface area contributed by atoms with Crippen molar-refractivity contribution in [2.24, 2.45) is 5.92 Å². The molecule has 0 spiro atoms. The van der Waals surface area contributed by atoms with Crippen molar-refractivity contribution in [2.45, 2.75) is 45.8 Å². The number of amides is 2. The molecule has 0 saturated carbocycles. The van der Waals surface area contributed by atoms with Crippen LogP contribution in [0.5, 0.6) is 0 Å². The molecule has 106 valence electrons. The van der Waals surface area contributed by atoms with Crippen LogP contribution in [0, 0.1) is 5.92 Å². The quantitative estimate of drug-likeness (QED) is 0.719. The van der Waals surface area contributed by atoms with Crippen LogP contribution in [-0.2, 0) is 9.59 Å². The minimum Gasteiger partial charge on any atom is -0.354 e. The fourth-order valence-corrected chi connectivity index (χ4v) is 1.26. The van der Waals surface area contributed by atoms with E-state index in [1.165, 1.54) is 0 Å². The van der Waals surface area contributed by atoms with Crippen molar-refractivity contribution >= 4 is 11.8 Å². The Balaban J connectivity index is 4.48. The molecule has 0 aromatic carbocycles. The Morgan fingerprint density at radius 3 is 2.17 bits per heavy atom. The molecule has 0 aliphatic carbocycles. The van der Waals surface area contributed by atoms with E-state index in [0.29, 0.717) is 6.54 Å². The Morgan fingerprint density at radius 2 is 1.78 bits per heavy atom. The number of rotatable bonds is 6. The molecule has 0 aromatic rings. The van der Waals surface area contributed by atoms with Crippen LogP contribution in [-0.4, -0.2) is 30.6 Å². The monoisotopic (exact) mass is 268 g/mol. The molecule has 0 aliphatic rings. The van der Waals surface area contributed by atoms with Gasteiger partial charge in [0, 0.05) is 6.54 Å². The third-order valence-electron chi connectivity index (χ3n) is 2.32. The first-order valence-corrected chi connectivity index (χ1v) is 5.85. The van der Waals surface area contributed by atoms with Gasteiger partial charge in [0.05, 0.1) is 0 Å².